The molecule has 1 aromatic heterocycles. The third kappa shape index (κ3) is 9.55. The number of para-hydroxylation sites is 2. The number of esters is 1. The summed E-state index contributed by atoms with van der Waals surface area (Å²) in [6.07, 6.45) is -2.82. The molecule has 2 N–H and O–H groups in total. The van der Waals surface area contributed by atoms with Crippen LogP contribution in [0.5, 0.6) is 0 Å². The fourth-order valence-corrected chi connectivity index (χ4v) is 10.3. The predicted molar refractivity (Wildman–Crippen MR) is 239 cm³/mol. The van der Waals surface area contributed by atoms with Crippen LogP contribution in [0.15, 0.2) is 67.3 Å². The average Bonchev–Trinajstić information content (AvgIpc) is 3.78. The van der Waals surface area contributed by atoms with Crippen molar-refractivity contribution in [2.24, 2.45) is 17.8 Å². The Labute approximate surface area is 376 Å². The fraction of sp³-hybridized carbons (Fsp3) is 0.612. The van der Waals surface area contributed by atoms with Crippen LogP contribution in [0.4, 0.5) is 9.18 Å². The van der Waals surface area contributed by atoms with Gasteiger partial charge in [-0.05, 0) is 71.9 Å². The van der Waals surface area contributed by atoms with Crippen molar-refractivity contribution in [3.63, 3.8) is 0 Å². The van der Waals surface area contributed by atoms with Gasteiger partial charge < -0.3 is 43.6 Å². The van der Waals surface area contributed by atoms with Gasteiger partial charge in [0.15, 0.2) is 17.7 Å². The lowest BCUT2D eigenvalue weighted by atomic mass is 9.73. The number of hydrogen-bond donors (Lipinski definition) is 2. The predicted octanol–water partition coefficient (Wildman–Crippen LogP) is 6.99. The van der Waals surface area contributed by atoms with Gasteiger partial charge >= 0.3 is 12.1 Å². The molecule has 0 bridgehead atoms. The van der Waals surface area contributed by atoms with E-state index in [9.17, 15) is 24.3 Å². The van der Waals surface area contributed by atoms with Gasteiger partial charge in [0, 0.05) is 56.1 Å². The highest BCUT2D eigenvalue weighted by molar-refractivity contribution is 6.08. The Bertz CT molecular complexity index is 2150. The Hall–Kier alpha value is -4.54. The number of imidazole rings is 1. The van der Waals surface area contributed by atoms with Crippen molar-refractivity contribution >= 4 is 34.7 Å². The molecule has 0 saturated carbocycles. The van der Waals surface area contributed by atoms with E-state index in [0.29, 0.717) is 32.4 Å². The summed E-state index contributed by atoms with van der Waals surface area (Å²) >= 11 is 0. The second-order valence-electron chi connectivity index (χ2n) is 18.5. The number of nitrogens with zero attached hydrogens (tertiary/aromatic N) is 3. The van der Waals surface area contributed by atoms with E-state index in [1.165, 1.54) is 18.9 Å². The molecule has 1 unspecified atom stereocenters. The van der Waals surface area contributed by atoms with Gasteiger partial charge in [-0.2, -0.15) is 0 Å². The summed E-state index contributed by atoms with van der Waals surface area (Å²) in [4.78, 5) is 63.8. The Morgan fingerprint density at radius 2 is 1.66 bits per heavy atom. The highest BCUT2D eigenvalue weighted by Gasteiger charge is 2.61. The molecule has 350 valence electrons. The van der Waals surface area contributed by atoms with Gasteiger partial charge in [0.1, 0.15) is 23.8 Å². The maximum absolute atomic E-state index is 17.0. The first kappa shape index (κ1) is 48.9. The average molecular weight is 891 g/mol. The van der Waals surface area contributed by atoms with E-state index in [1.54, 1.807) is 40.7 Å². The van der Waals surface area contributed by atoms with Crippen LogP contribution in [-0.4, -0.2) is 123 Å². The zero-order chi connectivity index (χ0) is 46.7. The fourth-order valence-electron chi connectivity index (χ4n) is 10.3. The number of aliphatic hydroxyl groups excluding tert-OH is 1. The second kappa shape index (κ2) is 19.9. The van der Waals surface area contributed by atoms with Gasteiger partial charge in [-0.1, -0.05) is 76.2 Å². The second-order valence-corrected chi connectivity index (χ2v) is 18.5. The van der Waals surface area contributed by atoms with Crippen molar-refractivity contribution in [3.05, 3.63) is 67.3 Å². The normalized spacial score (nSPS) is 35.5. The number of amides is 1. The number of methoxy groups -OCH3 is 1. The first-order valence-corrected chi connectivity index (χ1v) is 22.7. The number of rotatable bonds is 13. The number of ether oxygens (including phenoxy) is 5. The van der Waals surface area contributed by atoms with Crippen LogP contribution in [0.1, 0.15) is 87.5 Å². The minimum atomic E-state index is -3.20. The number of unbranched alkanes of at least 4 members (excludes halogenated alkanes) is 1. The Morgan fingerprint density at radius 1 is 0.984 bits per heavy atom. The molecule has 3 aliphatic heterocycles. The summed E-state index contributed by atoms with van der Waals surface area (Å²) < 4.78 is 50.0. The lowest BCUT2D eigenvalue weighted by Crippen LogP contribution is -2.62. The van der Waals surface area contributed by atoms with Gasteiger partial charge in [-0.15, -0.1) is 6.58 Å². The Morgan fingerprint density at radius 3 is 2.33 bits per heavy atom. The van der Waals surface area contributed by atoms with E-state index < -0.39 is 89.2 Å². The van der Waals surface area contributed by atoms with Crippen molar-refractivity contribution < 1.29 is 52.4 Å². The molecular weight excluding hydrogens is 824 g/mol. The molecule has 13 atom stereocenters. The Balaban J connectivity index is 1.31. The largest absolute Gasteiger partial charge is 0.455 e. The Kier molecular flexibility index (Phi) is 15.2. The monoisotopic (exact) mass is 890 g/mol. The molecule has 6 rings (SSSR count). The SMILES string of the molecule is C=CCN[C@H]1C[C@@H](C)O[C@@H](O[C@@H]2[C@H](C)C(=O)[C@](C)(F)C(=O)O[C@H](CC)[C@@]3(C)OC(=O)N(CCCCn4c(-c5ccccc5)nc5ccccc54)C3[C@@H](C)C(=O)[C@H](C)C[C@@]2(C)OC)[C@H]1O. The highest BCUT2D eigenvalue weighted by Crippen LogP contribution is 2.44. The number of cyclic esters (lactones) is 1. The summed E-state index contributed by atoms with van der Waals surface area (Å²) in [5, 5.41) is 14.7. The van der Waals surface area contributed by atoms with Crippen LogP contribution >= 0.6 is 0 Å². The van der Waals surface area contributed by atoms with Crippen LogP contribution in [-0.2, 0) is 44.6 Å². The summed E-state index contributed by atoms with van der Waals surface area (Å²) in [7, 11) is 1.40. The molecule has 0 spiro atoms. The zero-order valence-electron chi connectivity index (χ0n) is 38.8. The van der Waals surface area contributed by atoms with Gasteiger partial charge in [-0.3, -0.25) is 9.59 Å². The van der Waals surface area contributed by atoms with Crippen LogP contribution < -0.4 is 5.32 Å². The third-order valence-electron chi connectivity index (χ3n) is 13.8. The summed E-state index contributed by atoms with van der Waals surface area (Å²) in [5.74, 6) is -5.04. The number of aryl methyl sites for hydroxylation is 1. The molecule has 15 heteroatoms. The number of benzene rings is 2. The first-order valence-electron chi connectivity index (χ1n) is 22.7. The van der Waals surface area contributed by atoms with E-state index >= 15 is 4.39 Å². The molecule has 1 amide bonds. The number of ketones is 2. The van der Waals surface area contributed by atoms with Crippen molar-refractivity contribution in [3.8, 4) is 11.4 Å². The molecular formula is C49H67FN4O10. The number of halogens is 1. The number of hydrogen-bond acceptors (Lipinski definition) is 12. The number of nitrogens with one attached hydrogen (secondary N) is 1. The van der Waals surface area contributed by atoms with Crippen molar-refractivity contribution in [2.75, 3.05) is 20.2 Å². The number of alkyl halides is 1. The minimum absolute atomic E-state index is 0.0169. The molecule has 2 aromatic carbocycles. The van der Waals surface area contributed by atoms with E-state index in [-0.39, 0.29) is 31.3 Å². The van der Waals surface area contributed by atoms with Crippen LogP contribution in [0.2, 0.25) is 0 Å². The van der Waals surface area contributed by atoms with Crippen LogP contribution in [0, 0.1) is 17.8 Å². The van der Waals surface area contributed by atoms with Gasteiger partial charge in [-0.25, -0.2) is 19.0 Å². The lowest BCUT2D eigenvalue weighted by molar-refractivity contribution is -0.290. The number of carbonyl (C=O) groups is 4. The topological polar surface area (TPSA) is 168 Å². The maximum Gasteiger partial charge on any atom is 0.410 e. The van der Waals surface area contributed by atoms with Crippen molar-refractivity contribution in [1.82, 2.24) is 19.8 Å². The van der Waals surface area contributed by atoms with Crippen molar-refractivity contribution in [1.29, 1.82) is 0 Å². The molecule has 3 aromatic rings. The smallest absolute Gasteiger partial charge is 0.410 e. The molecule has 0 aliphatic carbocycles. The van der Waals surface area contributed by atoms with E-state index in [4.69, 9.17) is 28.7 Å². The highest BCUT2D eigenvalue weighted by atomic mass is 19.1. The van der Waals surface area contributed by atoms with Gasteiger partial charge in [0.2, 0.25) is 0 Å². The molecule has 3 fully saturated rings. The number of aliphatic hydroxyl groups is 1. The summed E-state index contributed by atoms with van der Waals surface area (Å²) in [5.41, 5.74) is -3.46. The van der Waals surface area contributed by atoms with Gasteiger partial charge in [0.05, 0.1) is 34.9 Å². The van der Waals surface area contributed by atoms with Gasteiger partial charge in [0.25, 0.3) is 5.67 Å². The quantitative estimate of drug-likeness (QED) is 0.0783. The van der Waals surface area contributed by atoms with Crippen LogP contribution in [0.3, 0.4) is 0 Å². The molecule has 4 heterocycles. The molecule has 3 aliphatic rings. The zero-order valence-corrected chi connectivity index (χ0v) is 38.8. The van der Waals surface area contributed by atoms with Crippen molar-refractivity contribution in [2.45, 2.75) is 154 Å². The summed E-state index contributed by atoms with van der Waals surface area (Å²) in [6, 6.07) is 16.4. The van der Waals surface area contributed by atoms with E-state index in [1.807, 2.05) is 61.5 Å². The number of Topliss-reactive ketones (excluding diaryl/α,β-unsaturated/α-hetero) is 2. The standard InChI is InChI=1S/C49H67FN4O10/c1-11-24-51-35-27-30(4)61-44(39(35)56)63-42-32(6)41(57)48(8,50)45(58)62-37(12-2)49(9)40(31(5)38(55)29(3)28-47(42,7)60-10)54(46(59)64-49)26-19-18-25-53-36-23-17-16-22-34(36)52-43(53)33-20-14-13-15-21-33/h11,13-17,20-23,29-32,35,37,39-40,42,44,51,56H,1,12,18-19,24-28H2,2-10H3/t29-,30-,31+,32-,35+,37-,39+,40?,42-,44+,47-,48+,49-/m1/s1. The van der Waals surface area contributed by atoms with E-state index in [0.717, 1.165) is 29.3 Å². The minimum Gasteiger partial charge on any atom is -0.455 e. The number of carbonyl (C=O) groups excluding carboxylic acids is 4. The molecule has 0 radical (unpaired) electrons. The van der Waals surface area contributed by atoms with Crippen LogP contribution in [0.25, 0.3) is 22.4 Å². The maximum atomic E-state index is 17.0. The first-order chi connectivity index (χ1) is 30.3. The third-order valence-corrected chi connectivity index (χ3v) is 13.8. The molecule has 14 nitrogen and oxygen atoms in total. The van der Waals surface area contributed by atoms with E-state index in [2.05, 4.69) is 16.5 Å². The molecule has 3 saturated heterocycles. The number of aromatic nitrogens is 2. The number of fused-ring (bicyclic) bond motifs is 2. The molecule has 64 heavy (non-hydrogen) atoms. The summed E-state index contributed by atoms with van der Waals surface area (Å²) in [6.45, 7) is 17.5. The lowest BCUT2D eigenvalue weighted by Gasteiger charge is -2.46.